The van der Waals surface area contributed by atoms with Gasteiger partial charge in [-0.25, -0.2) is 0 Å². The first-order chi connectivity index (χ1) is 12.1. The van der Waals surface area contributed by atoms with Crippen molar-refractivity contribution in [1.82, 2.24) is 9.78 Å². The van der Waals surface area contributed by atoms with Gasteiger partial charge in [0.25, 0.3) is 5.91 Å². The Balaban J connectivity index is 1.71. The Morgan fingerprint density at radius 3 is 3.04 bits per heavy atom. The van der Waals surface area contributed by atoms with Crippen LogP contribution in [0.2, 0.25) is 0 Å². The van der Waals surface area contributed by atoms with Crippen LogP contribution in [-0.4, -0.2) is 28.3 Å². The second-order valence-electron chi connectivity index (χ2n) is 7.11. The number of carbonyl (C=O) groups excluding carboxylic acids is 1. The first-order valence-electron chi connectivity index (χ1n) is 9.11. The van der Waals surface area contributed by atoms with Gasteiger partial charge in [-0.05, 0) is 42.9 Å². The largest absolute Gasteiger partial charge is 0.385 e. The number of carbonyl (C=O) groups is 1. The summed E-state index contributed by atoms with van der Waals surface area (Å²) in [4.78, 5) is 13.2. The first kappa shape index (κ1) is 16.1. The molecular formula is C19H25N5O. The maximum Gasteiger partial charge on any atom is 0.256 e. The second kappa shape index (κ2) is 6.19. The number of nitrogens with one attached hydrogen (secondary N) is 1. The lowest BCUT2D eigenvalue weighted by molar-refractivity contribution is 0.0859. The summed E-state index contributed by atoms with van der Waals surface area (Å²) >= 11 is 0. The van der Waals surface area contributed by atoms with Crippen molar-refractivity contribution in [3.05, 3.63) is 40.6 Å². The third-order valence-electron chi connectivity index (χ3n) is 5.48. The molecule has 2 aliphatic rings. The van der Waals surface area contributed by atoms with Crippen molar-refractivity contribution in [3.8, 4) is 0 Å². The topological polar surface area (TPSA) is 99.0 Å². The van der Waals surface area contributed by atoms with E-state index in [1.54, 1.807) is 0 Å². The molecule has 1 aliphatic carbocycles. The average molecular weight is 339 g/mol. The molecule has 1 aliphatic heterocycles. The Hall–Kier alpha value is -2.34. The van der Waals surface area contributed by atoms with Crippen molar-refractivity contribution in [2.45, 2.75) is 51.0 Å². The molecule has 1 unspecified atom stereocenters. The van der Waals surface area contributed by atoms with Crippen LogP contribution in [-0.2, 0) is 19.3 Å². The van der Waals surface area contributed by atoms with Crippen LogP contribution in [0.1, 0.15) is 52.9 Å². The Morgan fingerprint density at radius 2 is 2.24 bits per heavy atom. The molecule has 2 aromatic rings. The lowest BCUT2D eigenvalue weighted by atomic mass is 9.88. The van der Waals surface area contributed by atoms with Crippen LogP contribution in [0.5, 0.6) is 0 Å². The van der Waals surface area contributed by atoms with Crippen molar-refractivity contribution in [2.75, 3.05) is 17.6 Å². The zero-order valence-corrected chi connectivity index (χ0v) is 14.6. The van der Waals surface area contributed by atoms with E-state index in [9.17, 15) is 4.79 Å². The van der Waals surface area contributed by atoms with E-state index in [1.165, 1.54) is 10.2 Å². The Kier molecular flexibility index (Phi) is 4.00. The molecule has 5 N–H and O–H groups in total. The highest BCUT2D eigenvalue weighted by atomic mass is 16.2. The molecule has 4 rings (SSSR count). The molecule has 2 heterocycles. The molecule has 0 bridgehead atoms. The molecule has 132 valence electrons. The molecule has 1 aromatic carbocycles. The van der Waals surface area contributed by atoms with Crippen LogP contribution in [0, 0.1) is 0 Å². The summed E-state index contributed by atoms with van der Waals surface area (Å²) in [6, 6.07) is 6.43. The van der Waals surface area contributed by atoms with Crippen LogP contribution in [0.25, 0.3) is 0 Å². The number of rotatable bonds is 2. The molecule has 6 nitrogen and oxygen atoms in total. The quantitative estimate of drug-likeness (QED) is 0.778. The van der Waals surface area contributed by atoms with Gasteiger partial charge in [-0.2, -0.15) is 9.78 Å². The molecule has 6 heteroatoms. The summed E-state index contributed by atoms with van der Waals surface area (Å²) < 4.78 is 1.43. The number of aryl methyl sites for hydroxylation is 1. The van der Waals surface area contributed by atoms with Crippen molar-refractivity contribution in [3.63, 3.8) is 0 Å². The van der Waals surface area contributed by atoms with E-state index >= 15 is 0 Å². The number of nitrogens with two attached hydrogens (primary N) is 2. The standard InChI is InChI=1S/C19H25N5O/c1-2-11-3-6-16-15(9-11)13(7-8-22-16)19(25)24-18(21)14-5-4-12(20)10-17(14)23-24/h3,6,9,12-13,22H,2,4-5,7-8,10,20-21H2,1H3/t12-,13?/m1/s1. The highest BCUT2D eigenvalue weighted by Crippen LogP contribution is 2.35. The van der Waals surface area contributed by atoms with Crippen molar-refractivity contribution >= 4 is 17.4 Å². The highest BCUT2D eigenvalue weighted by molar-refractivity contribution is 5.90. The Morgan fingerprint density at radius 1 is 1.40 bits per heavy atom. The van der Waals surface area contributed by atoms with Gasteiger partial charge in [0.1, 0.15) is 5.82 Å². The van der Waals surface area contributed by atoms with E-state index in [1.807, 2.05) is 0 Å². The van der Waals surface area contributed by atoms with Gasteiger partial charge in [-0.15, -0.1) is 0 Å². The summed E-state index contributed by atoms with van der Waals surface area (Å²) in [6.45, 7) is 2.90. The maximum absolute atomic E-state index is 13.2. The second-order valence-corrected chi connectivity index (χ2v) is 7.11. The fraction of sp³-hybridized carbons (Fsp3) is 0.474. The van der Waals surface area contributed by atoms with E-state index < -0.39 is 0 Å². The van der Waals surface area contributed by atoms with Gasteiger partial charge >= 0.3 is 0 Å². The lowest BCUT2D eigenvalue weighted by Crippen LogP contribution is -2.28. The monoisotopic (exact) mass is 339 g/mol. The molecule has 0 spiro atoms. The molecule has 0 saturated heterocycles. The number of hydrogen-bond donors (Lipinski definition) is 3. The number of aromatic nitrogens is 2. The summed E-state index contributed by atoms with van der Waals surface area (Å²) in [7, 11) is 0. The SMILES string of the molecule is CCc1ccc2c(c1)C(C(=O)n1nc3c(c1N)CC[C@@H](N)C3)CCN2. The van der Waals surface area contributed by atoms with Crippen LogP contribution >= 0.6 is 0 Å². The first-order valence-corrected chi connectivity index (χ1v) is 9.11. The molecule has 0 fully saturated rings. The number of nitrogen functional groups attached to an aromatic ring is 1. The third-order valence-corrected chi connectivity index (χ3v) is 5.48. The van der Waals surface area contributed by atoms with Gasteiger partial charge in [0.2, 0.25) is 0 Å². The minimum absolute atomic E-state index is 0.0310. The fourth-order valence-corrected chi connectivity index (χ4v) is 3.99. The normalized spacial score (nSPS) is 22.0. The summed E-state index contributed by atoms with van der Waals surface area (Å²) in [5, 5.41) is 7.92. The van der Waals surface area contributed by atoms with E-state index in [2.05, 4.69) is 35.5 Å². The Labute approximate surface area is 147 Å². The predicted octanol–water partition coefficient (Wildman–Crippen LogP) is 2.08. The van der Waals surface area contributed by atoms with E-state index in [4.69, 9.17) is 11.5 Å². The van der Waals surface area contributed by atoms with Crippen LogP contribution in [0.3, 0.4) is 0 Å². The predicted molar refractivity (Wildman–Crippen MR) is 98.9 cm³/mol. The Bertz CT molecular complexity index is 825. The molecule has 1 aromatic heterocycles. The lowest BCUT2D eigenvalue weighted by Gasteiger charge is -2.26. The maximum atomic E-state index is 13.2. The summed E-state index contributed by atoms with van der Waals surface area (Å²) in [6.07, 6.45) is 4.10. The summed E-state index contributed by atoms with van der Waals surface area (Å²) in [5.74, 6) is 0.259. The molecule has 25 heavy (non-hydrogen) atoms. The smallest absolute Gasteiger partial charge is 0.256 e. The van der Waals surface area contributed by atoms with E-state index in [-0.39, 0.29) is 17.9 Å². The average Bonchev–Trinajstić information content (AvgIpc) is 2.96. The van der Waals surface area contributed by atoms with Gasteiger partial charge in [0.05, 0.1) is 11.6 Å². The van der Waals surface area contributed by atoms with Gasteiger partial charge in [0, 0.05) is 30.3 Å². The molecule has 0 saturated carbocycles. The molecular weight excluding hydrogens is 314 g/mol. The highest BCUT2D eigenvalue weighted by Gasteiger charge is 2.32. The molecule has 0 radical (unpaired) electrons. The van der Waals surface area contributed by atoms with Crippen molar-refractivity contribution < 1.29 is 4.79 Å². The number of hydrogen-bond acceptors (Lipinski definition) is 5. The van der Waals surface area contributed by atoms with Crippen molar-refractivity contribution in [2.24, 2.45) is 5.73 Å². The number of anilines is 2. The minimum atomic E-state index is -0.208. The number of nitrogens with zero attached hydrogens (tertiary/aromatic N) is 2. The van der Waals surface area contributed by atoms with Gasteiger partial charge in [0.15, 0.2) is 0 Å². The van der Waals surface area contributed by atoms with Crippen LogP contribution in [0.4, 0.5) is 11.5 Å². The number of fused-ring (bicyclic) bond motifs is 2. The zero-order chi connectivity index (χ0) is 17.6. The van der Waals surface area contributed by atoms with Crippen LogP contribution in [0.15, 0.2) is 18.2 Å². The number of benzene rings is 1. The zero-order valence-electron chi connectivity index (χ0n) is 14.6. The third kappa shape index (κ3) is 2.70. The van der Waals surface area contributed by atoms with Gasteiger partial charge in [-0.1, -0.05) is 19.1 Å². The van der Waals surface area contributed by atoms with E-state index in [0.29, 0.717) is 12.2 Å². The van der Waals surface area contributed by atoms with Gasteiger partial charge < -0.3 is 16.8 Å². The fourth-order valence-electron chi connectivity index (χ4n) is 3.99. The van der Waals surface area contributed by atoms with E-state index in [0.717, 1.165) is 54.7 Å². The molecule has 0 amide bonds. The van der Waals surface area contributed by atoms with Crippen LogP contribution < -0.4 is 16.8 Å². The van der Waals surface area contributed by atoms with Crippen molar-refractivity contribution in [1.29, 1.82) is 0 Å². The van der Waals surface area contributed by atoms with Gasteiger partial charge in [-0.3, -0.25) is 4.79 Å². The minimum Gasteiger partial charge on any atom is -0.385 e. The summed E-state index contributed by atoms with van der Waals surface area (Å²) in [5.41, 5.74) is 17.5. The molecule has 2 atom stereocenters.